The Hall–Kier alpha value is -1.54. The van der Waals surface area contributed by atoms with E-state index in [1.54, 1.807) is 0 Å². The molecule has 2 saturated heterocycles. The van der Waals surface area contributed by atoms with E-state index >= 15 is 0 Å². The lowest BCUT2D eigenvalue weighted by Gasteiger charge is -2.28. The molecule has 158 valence electrons. The van der Waals surface area contributed by atoms with Crippen molar-refractivity contribution in [2.24, 2.45) is 0 Å². The molecule has 1 aromatic rings. The van der Waals surface area contributed by atoms with Gasteiger partial charge < -0.3 is 20.7 Å². The van der Waals surface area contributed by atoms with Crippen LogP contribution in [0.5, 0.6) is 0 Å². The fourth-order valence-corrected chi connectivity index (χ4v) is 3.48. The van der Waals surface area contributed by atoms with Crippen molar-refractivity contribution in [3.63, 3.8) is 0 Å². The lowest BCUT2D eigenvalue weighted by atomic mass is 10.1. The number of hydrogen-bond donors (Lipinski definition) is 2. The van der Waals surface area contributed by atoms with Crippen molar-refractivity contribution in [1.29, 1.82) is 0 Å². The Kier molecular flexibility index (Phi) is 10.6. The molecule has 0 radical (unpaired) electrons. The number of nitrogen functional groups attached to an aromatic ring is 1. The molecule has 0 spiro atoms. The number of likely N-dealkylation sites (tertiary alicyclic amines) is 1. The van der Waals surface area contributed by atoms with E-state index < -0.39 is 0 Å². The van der Waals surface area contributed by atoms with E-state index in [0.717, 1.165) is 38.4 Å². The van der Waals surface area contributed by atoms with E-state index in [4.69, 9.17) is 10.5 Å². The van der Waals surface area contributed by atoms with E-state index in [0.29, 0.717) is 38.0 Å². The van der Waals surface area contributed by atoms with Crippen molar-refractivity contribution in [3.05, 3.63) is 29.8 Å². The molecular formula is C19H30Cl2N4O3. The van der Waals surface area contributed by atoms with Crippen LogP contribution in [0, 0.1) is 0 Å². The molecule has 2 fully saturated rings. The molecule has 2 amide bonds. The first-order chi connectivity index (χ1) is 12.6. The minimum absolute atomic E-state index is 0. The predicted octanol–water partition coefficient (Wildman–Crippen LogP) is 1.09. The molecule has 0 aromatic heterocycles. The van der Waals surface area contributed by atoms with Gasteiger partial charge >= 0.3 is 0 Å². The number of para-hydroxylation sites is 1. The van der Waals surface area contributed by atoms with Gasteiger partial charge in [0.1, 0.15) is 0 Å². The van der Waals surface area contributed by atoms with Gasteiger partial charge in [0.25, 0.3) is 0 Å². The lowest BCUT2D eigenvalue weighted by Crippen LogP contribution is -2.42. The molecule has 0 aliphatic carbocycles. The third-order valence-electron chi connectivity index (χ3n) is 5.05. The molecular weight excluding hydrogens is 403 g/mol. The van der Waals surface area contributed by atoms with Gasteiger partial charge in [-0.1, -0.05) is 18.2 Å². The maximum Gasteiger partial charge on any atom is 0.224 e. The summed E-state index contributed by atoms with van der Waals surface area (Å²) in [5.74, 6) is 0.0944. The maximum absolute atomic E-state index is 12.2. The van der Waals surface area contributed by atoms with Crippen molar-refractivity contribution < 1.29 is 14.3 Å². The zero-order valence-corrected chi connectivity index (χ0v) is 17.6. The summed E-state index contributed by atoms with van der Waals surface area (Å²) >= 11 is 0. The Labute approximate surface area is 178 Å². The first-order valence-corrected chi connectivity index (χ1v) is 9.32. The minimum atomic E-state index is -0.0900. The quantitative estimate of drug-likeness (QED) is 0.629. The topological polar surface area (TPSA) is 87.9 Å². The molecule has 9 heteroatoms. The lowest BCUT2D eigenvalue weighted by molar-refractivity contribution is -0.128. The monoisotopic (exact) mass is 432 g/mol. The standard InChI is InChI=1S/C19H28N4O3.2ClH/c20-17-4-2-1-3-15(17)5-6-18(24)21-16-13-19(25)23(14-16)8-7-22-9-11-26-12-10-22;;/h1-4,16H,5-14,20H2,(H,21,24);2*1H. The van der Waals surface area contributed by atoms with Crippen LogP contribution in [0.25, 0.3) is 0 Å². The largest absolute Gasteiger partial charge is 0.399 e. The SMILES string of the molecule is Cl.Cl.Nc1ccccc1CCC(=O)NC1CC(=O)N(CCN2CCOCC2)C1. The van der Waals surface area contributed by atoms with Gasteiger partial charge in [0.2, 0.25) is 11.8 Å². The van der Waals surface area contributed by atoms with Gasteiger partial charge in [-0.05, 0) is 18.1 Å². The summed E-state index contributed by atoms with van der Waals surface area (Å²) in [6, 6.07) is 7.50. The molecule has 0 bridgehead atoms. The van der Waals surface area contributed by atoms with E-state index in [1.807, 2.05) is 29.2 Å². The molecule has 1 atom stereocenters. The molecule has 1 unspecified atom stereocenters. The summed E-state index contributed by atoms with van der Waals surface area (Å²) in [5.41, 5.74) is 7.60. The van der Waals surface area contributed by atoms with Gasteiger partial charge in [0, 0.05) is 51.3 Å². The highest BCUT2D eigenvalue weighted by Gasteiger charge is 2.30. The van der Waals surface area contributed by atoms with Crippen LogP contribution in [0.4, 0.5) is 5.69 Å². The van der Waals surface area contributed by atoms with Crippen LogP contribution in [0.1, 0.15) is 18.4 Å². The minimum Gasteiger partial charge on any atom is -0.399 e. The van der Waals surface area contributed by atoms with Crippen molar-refractivity contribution in [2.75, 3.05) is 51.7 Å². The Bertz CT molecular complexity index is 641. The summed E-state index contributed by atoms with van der Waals surface area (Å²) < 4.78 is 5.34. The zero-order valence-electron chi connectivity index (χ0n) is 16.0. The fourth-order valence-electron chi connectivity index (χ4n) is 3.48. The van der Waals surface area contributed by atoms with Gasteiger partial charge in [0.05, 0.1) is 19.3 Å². The van der Waals surface area contributed by atoms with Crippen molar-refractivity contribution >= 4 is 42.3 Å². The number of halogens is 2. The van der Waals surface area contributed by atoms with E-state index in [-0.39, 0.29) is 42.7 Å². The van der Waals surface area contributed by atoms with Crippen LogP contribution in [0.3, 0.4) is 0 Å². The number of anilines is 1. The van der Waals surface area contributed by atoms with Crippen LogP contribution in [-0.4, -0.2) is 73.6 Å². The summed E-state index contributed by atoms with van der Waals surface area (Å²) in [7, 11) is 0. The summed E-state index contributed by atoms with van der Waals surface area (Å²) in [6.07, 6.45) is 1.38. The molecule has 0 saturated carbocycles. The number of nitrogens with one attached hydrogen (secondary N) is 1. The second-order valence-corrected chi connectivity index (χ2v) is 6.96. The normalized spacial score (nSPS) is 19.6. The second-order valence-electron chi connectivity index (χ2n) is 6.96. The maximum atomic E-state index is 12.2. The first-order valence-electron chi connectivity index (χ1n) is 9.32. The average Bonchev–Trinajstić information content (AvgIpc) is 2.99. The van der Waals surface area contributed by atoms with Crippen molar-refractivity contribution in [2.45, 2.75) is 25.3 Å². The molecule has 3 rings (SSSR count). The number of morpholine rings is 1. The molecule has 28 heavy (non-hydrogen) atoms. The van der Waals surface area contributed by atoms with Crippen molar-refractivity contribution in [1.82, 2.24) is 15.1 Å². The summed E-state index contributed by atoms with van der Waals surface area (Å²) in [4.78, 5) is 28.5. The van der Waals surface area contributed by atoms with Crippen LogP contribution in [0.15, 0.2) is 24.3 Å². The Morgan fingerprint density at radius 1 is 1.18 bits per heavy atom. The first kappa shape index (κ1) is 24.5. The molecule has 1 aromatic carbocycles. The summed E-state index contributed by atoms with van der Waals surface area (Å²) in [5, 5.41) is 2.99. The van der Waals surface area contributed by atoms with Gasteiger partial charge in [0.15, 0.2) is 0 Å². The number of ether oxygens (including phenoxy) is 1. The molecule has 7 nitrogen and oxygen atoms in total. The molecule has 2 aliphatic heterocycles. The van der Waals surface area contributed by atoms with E-state index in [2.05, 4.69) is 10.2 Å². The van der Waals surface area contributed by atoms with Crippen LogP contribution in [-0.2, 0) is 20.7 Å². The third kappa shape index (κ3) is 7.13. The number of aryl methyl sites for hydroxylation is 1. The number of carbonyl (C=O) groups is 2. The Morgan fingerprint density at radius 3 is 2.61 bits per heavy atom. The van der Waals surface area contributed by atoms with Crippen LogP contribution < -0.4 is 11.1 Å². The average molecular weight is 433 g/mol. The second kappa shape index (κ2) is 12.1. The third-order valence-corrected chi connectivity index (χ3v) is 5.05. The van der Waals surface area contributed by atoms with Gasteiger partial charge in [-0.15, -0.1) is 24.8 Å². The highest BCUT2D eigenvalue weighted by atomic mass is 35.5. The number of nitrogens with zero attached hydrogens (tertiary/aromatic N) is 2. The zero-order chi connectivity index (χ0) is 18.4. The number of rotatable bonds is 7. The van der Waals surface area contributed by atoms with Crippen molar-refractivity contribution in [3.8, 4) is 0 Å². The fraction of sp³-hybridized carbons (Fsp3) is 0.579. The molecule has 2 heterocycles. The predicted molar refractivity (Wildman–Crippen MR) is 114 cm³/mol. The number of nitrogens with two attached hydrogens (primary N) is 1. The van der Waals surface area contributed by atoms with Crippen LogP contribution >= 0.6 is 24.8 Å². The van der Waals surface area contributed by atoms with Crippen LogP contribution in [0.2, 0.25) is 0 Å². The van der Waals surface area contributed by atoms with Gasteiger partial charge in [-0.3, -0.25) is 14.5 Å². The van der Waals surface area contributed by atoms with E-state index in [9.17, 15) is 9.59 Å². The van der Waals surface area contributed by atoms with Gasteiger partial charge in [-0.2, -0.15) is 0 Å². The number of benzene rings is 1. The Balaban J connectivity index is 0.00000196. The number of amides is 2. The smallest absolute Gasteiger partial charge is 0.224 e. The molecule has 3 N–H and O–H groups in total. The summed E-state index contributed by atoms with van der Waals surface area (Å²) in [6.45, 7) is 5.55. The number of hydrogen-bond acceptors (Lipinski definition) is 5. The number of carbonyl (C=O) groups excluding carboxylic acids is 2. The Morgan fingerprint density at radius 2 is 1.89 bits per heavy atom. The molecule has 2 aliphatic rings. The van der Waals surface area contributed by atoms with Gasteiger partial charge in [-0.25, -0.2) is 0 Å². The van der Waals surface area contributed by atoms with E-state index in [1.165, 1.54) is 0 Å². The highest BCUT2D eigenvalue weighted by Crippen LogP contribution is 2.14. The highest BCUT2D eigenvalue weighted by molar-refractivity contribution is 5.85.